The molecule has 25 heavy (non-hydrogen) atoms. The van der Waals surface area contributed by atoms with Gasteiger partial charge in [0.05, 0.1) is 13.0 Å². The summed E-state index contributed by atoms with van der Waals surface area (Å²) in [6, 6.07) is 6.68. The third kappa shape index (κ3) is 8.25. The number of carbonyl (C=O) groups excluding carboxylic acids is 3. The molecule has 7 nitrogen and oxygen atoms in total. The molecule has 136 valence electrons. The van der Waals surface area contributed by atoms with E-state index in [-0.39, 0.29) is 29.8 Å². The number of esters is 1. The highest BCUT2D eigenvalue weighted by Gasteiger charge is 2.10. The first-order valence-corrected chi connectivity index (χ1v) is 8.51. The van der Waals surface area contributed by atoms with Crippen molar-refractivity contribution in [3.05, 3.63) is 29.8 Å². The van der Waals surface area contributed by atoms with E-state index in [0.717, 1.165) is 6.42 Å². The molecule has 1 aromatic carbocycles. The molecule has 0 atom stereocenters. The van der Waals surface area contributed by atoms with Crippen molar-refractivity contribution in [2.75, 3.05) is 18.5 Å². The van der Waals surface area contributed by atoms with Crippen molar-refractivity contribution in [2.24, 2.45) is 0 Å². The number of anilines is 1. The summed E-state index contributed by atoms with van der Waals surface area (Å²) >= 11 is 5.05. The zero-order chi connectivity index (χ0) is 18.7. The summed E-state index contributed by atoms with van der Waals surface area (Å²) in [5, 5.41) is 8.16. The summed E-state index contributed by atoms with van der Waals surface area (Å²) < 4.78 is 4.89. The van der Waals surface area contributed by atoms with Crippen molar-refractivity contribution in [3.63, 3.8) is 0 Å². The number of carbonyl (C=O) groups is 3. The van der Waals surface area contributed by atoms with Gasteiger partial charge in [-0.2, -0.15) is 0 Å². The van der Waals surface area contributed by atoms with Crippen LogP contribution >= 0.6 is 12.2 Å². The first-order valence-electron chi connectivity index (χ1n) is 8.11. The molecule has 0 aliphatic carbocycles. The second-order valence-corrected chi connectivity index (χ2v) is 5.57. The Kier molecular flexibility index (Phi) is 9.16. The molecule has 0 aliphatic rings. The quantitative estimate of drug-likeness (QED) is 0.481. The van der Waals surface area contributed by atoms with E-state index in [2.05, 4.69) is 16.0 Å². The number of hydrogen-bond donors (Lipinski definition) is 3. The maximum atomic E-state index is 11.7. The Morgan fingerprint density at radius 2 is 1.76 bits per heavy atom. The highest BCUT2D eigenvalue weighted by molar-refractivity contribution is 7.80. The highest BCUT2D eigenvalue weighted by Crippen LogP contribution is 2.09. The summed E-state index contributed by atoms with van der Waals surface area (Å²) in [5.41, 5.74) is 1.17. The van der Waals surface area contributed by atoms with Gasteiger partial charge in [0.15, 0.2) is 5.11 Å². The van der Waals surface area contributed by atoms with Crippen LogP contribution in [-0.2, 0) is 14.3 Å². The molecule has 0 aromatic heterocycles. The van der Waals surface area contributed by atoms with Crippen LogP contribution < -0.4 is 16.0 Å². The molecular weight excluding hydrogens is 342 g/mol. The fraction of sp³-hybridized carbons (Fsp3) is 0.412. The molecule has 0 saturated heterocycles. The fourth-order valence-corrected chi connectivity index (χ4v) is 2.05. The maximum Gasteiger partial charge on any atom is 0.306 e. The van der Waals surface area contributed by atoms with Crippen LogP contribution in [0.2, 0.25) is 0 Å². The van der Waals surface area contributed by atoms with E-state index in [1.807, 2.05) is 13.8 Å². The predicted octanol–water partition coefficient (Wildman–Crippen LogP) is 1.98. The van der Waals surface area contributed by atoms with Gasteiger partial charge >= 0.3 is 5.97 Å². The summed E-state index contributed by atoms with van der Waals surface area (Å²) in [5.74, 6) is -0.929. The number of benzene rings is 1. The Morgan fingerprint density at radius 1 is 1.08 bits per heavy atom. The molecule has 0 bridgehead atoms. The van der Waals surface area contributed by atoms with Gasteiger partial charge in [-0.15, -0.1) is 0 Å². The minimum atomic E-state index is -0.406. The Bertz CT molecular complexity index is 617. The van der Waals surface area contributed by atoms with Crippen LogP contribution in [0.3, 0.4) is 0 Å². The summed E-state index contributed by atoms with van der Waals surface area (Å²) in [6.45, 7) is 4.65. The Balaban J connectivity index is 2.39. The van der Waals surface area contributed by atoms with Crippen LogP contribution in [0.1, 0.15) is 43.5 Å². The number of amides is 2. The van der Waals surface area contributed by atoms with Crippen LogP contribution in [0.4, 0.5) is 5.69 Å². The summed E-state index contributed by atoms with van der Waals surface area (Å²) in [6.07, 6.45) is 0.751. The third-order valence-electron chi connectivity index (χ3n) is 3.02. The lowest BCUT2D eigenvalue weighted by molar-refractivity contribution is -0.144. The lowest BCUT2D eigenvalue weighted by Crippen LogP contribution is -2.34. The molecule has 0 unspecified atom stereocenters. The van der Waals surface area contributed by atoms with Gasteiger partial charge in [0, 0.05) is 24.2 Å². The molecule has 1 aromatic rings. The standard InChI is InChI=1S/C17H23N3O4S/c1-3-11-24-15(22)10-9-14(21)20-17(25)19-13-7-5-12(6-8-13)16(23)18-4-2/h5-8H,3-4,9-11H2,1-2H3,(H,18,23)(H2,19,20,21,25). The van der Waals surface area contributed by atoms with Crippen molar-refractivity contribution in [2.45, 2.75) is 33.1 Å². The minimum Gasteiger partial charge on any atom is -0.466 e. The second-order valence-electron chi connectivity index (χ2n) is 5.16. The maximum absolute atomic E-state index is 11.7. The largest absolute Gasteiger partial charge is 0.466 e. The van der Waals surface area contributed by atoms with Gasteiger partial charge in [0.25, 0.3) is 5.91 Å². The SMILES string of the molecule is CCCOC(=O)CCC(=O)NC(=S)Nc1ccc(C(=O)NCC)cc1. The Labute approximate surface area is 152 Å². The number of hydrogen-bond acceptors (Lipinski definition) is 5. The van der Waals surface area contributed by atoms with Crippen LogP contribution in [0.15, 0.2) is 24.3 Å². The topological polar surface area (TPSA) is 96.5 Å². The summed E-state index contributed by atoms with van der Waals surface area (Å²) in [4.78, 5) is 34.7. The molecule has 0 aliphatic heterocycles. The Hall–Kier alpha value is -2.48. The molecule has 3 N–H and O–H groups in total. The molecular formula is C17H23N3O4S. The zero-order valence-corrected chi connectivity index (χ0v) is 15.2. The molecule has 0 fully saturated rings. The van der Waals surface area contributed by atoms with E-state index in [1.54, 1.807) is 24.3 Å². The molecule has 0 radical (unpaired) electrons. The second kappa shape index (κ2) is 11.1. The van der Waals surface area contributed by atoms with Crippen molar-refractivity contribution in [3.8, 4) is 0 Å². The molecule has 0 heterocycles. The minimum absolute atomic E-state index is 0.000491. The van der Waals surface area contributed by atoms with Crippen LogP contribution in [0, 0.1) is 0 Å². The average Bonchev–Trinajstić information content (AvgIpc) is 2.58. The first kappa shape index (κ1) is 20.6. The van der Waals surface area contributed by atoms with E-state index < -0.39 is 5.97 Å². The van der Waals surface area contributed by atoms with Gasteiger partial charge in [-0.1, -0.05) is 6.92 Å². The van der Waals surface area contributed by atoms with E-state index in [9.17, 15) is 14.4 Å². The Morgan fingerprint density at radius 3 is 2.36 bits per heavy atom. The highest BCUT2D eigenvalue weighted by atomic mass is 32.1. The predicted molar refractivity (Wildman–Crippen MR) is 99.3 cm³/mol. The number of rotatable bonds is 8. The van der Waals surface area contributed by atoms with E-state index in [1.165, 1.54) is 0 Å². The normalized spacial score (nSPS) is 9.84. The van der Waals surface area contributed by atoms with Gasteiger partial charge in [-0.05, 0) is 49.8 Å². The van der Waals surface area contributed by atoms with Crippen LogP contribution in [0.5, 0.6) is 0 Å². The van der Waals surface area contributed by atoms with Gasteiger partial charge < -0.3 is 20.7 Å². The van der Waals surface area contributed by atoms with E-state index in [0.29, 0.717) is 24.4 Å². The lowest BCUT2D eigenvalue weighted by Gasteiger charge is -2.10. The van der Waals surface area contributed by atoms with Crippen LogP contribution in [-0.4, -0.2) is 36.0 Å². The lowest BCUT2D eigenvalue weighted by atomic mass is 10.2. The average molecular weight is 365 g/mol. The van der Waals surface area contributed by atoms with Crippen molar-refractivity contribution >= 4 is 40.8 Å². The first-order chi connectivity index (χ1) is 12.0. The number of thiocarbonyl (C=S) groups is 1. The zero-order valence-electron chi connectivity index (χ0n) is 14.4. The molecule has 2 amide bonds. The van der Waals surface area contributed by atoms with Crippen LogP contribution in [0.25, 0.3) is 0 Å². The van der Waals surface area contributed by atoms with Crippen molar-refractivity contribution in [1.82, 2.24) is 10.6 Å². The van der Waals surface area contributed by atoms with E-state index in [4.69, 9.17) is 17.0 Å². The van der Waals surface area contributed by atoms with E-state index >= 15 is 0 Å². The number of nitrogens with one attached hydrogen (secondary N) is 3. The number of ether oxygens (including phenoxy) is 1. The van der Waals surface area contributed by atoms with Gasteiger partial charge in [0.1, 0.15) is 0 Å². The molecule has 0 spiro atoms. The molecule has 1 rings (SSSR count). The molecule has 8 heteroatoms. The van der Waals surface area contributed by atoms with Gasteiger partial charge in [-0.25, -0.2) is 0 Å². The molecule has 0 saturated carbocycles. The third-order valence-corrected chi connectivity index (χ3v) is 3.22. The monoisotopic (exact) mass is 365 g/mol. The smallest absolute Gasteiger partial charge is 0.306 e. The van der Waals surface area contributed by atoms with Crippen molar-refractivity contribution < 1.29 is 19.1 Å². The van der Waals surface area contributed by atoms with Crippen molar-refractivity contribution in [1.29, 1.82) is 0 Å². The van der Waals surface area contributed by atoms with Gasteiger partial charge in [-0.3, -0.25) is 14.4 Å². The summed E-state index contributed by atoms with van der Waals surface area (Å²) in [7, 11) is 0. The van der Waals surface area contributed by atoms with Gasteiger partial charge in [0.2, 0.25) is 5.91 Å². The fourth-order valence-electron chi connectivity index (χ4n) is 1.82.